The highest BCUT2D eigenvalue weighted by atomic mass is 79.9. The number of ether oxygens (including phenoxy) is 1. The molecule has 0 spiro atoms. The van der Waals surface area contributed by atoms with Gasteiger partial charge < -0.3 is 4.74 Å². The van der Waals surface area contributed by atoms with Crippen molar-refractivity contribution in [2.45, 2.75) is 6.61 Å². The molecule has 2 nitrogen and oxygen atoms in total. The Morgan fingerprint density at radius 2 is 1.52 bits per heavy atom. The summed E-state index contributed by atoms with van der Waals surface area (Å²) in [5, 5.41) is 0. The minimum atomic E-state index is 0.583. The van der Waals surface area contributed by atoms with Gasteiger partial charge in [0.05, 0.1) is 0 Å². The van der Waals surface area contributed by atoms with Crippen molar-refractivity contribution in [1.82, 2.24) is 4.98 Å². The van der Waals surface area contributed by atoms with Gasteiger partial charge in [-0.2, -0.15) is 0 Å². The molecule has 3 heteroatoms. The molecule has 0 N–H and O–H groups in total. The second kappa shape index (κ2) is 6.55. The molecule has 2 aromatic carbocycles. The summed E-state index contributed by atoms with van der Waals surface area (Å²) in [5.41, 5.74) is 3.38. The van der Waals surface area contributed by atoms with E-state index in [0.717, 1.165) is 21.5 Å². The van der Waals surface area contributed by atoms with E-state index in [1.807, 2.05) is 60.8 Å². The molecule has 0 amide bonds. The molecule has 0 unspecified atom stereocenters. The average Bonchev–Trinajstić information content (AvgIpc) is 2.55. The zero-order chi connectivity index (χ0) is 14.5. The normalized spacial score (nSPS) is 10.3. The Bertz CT molecular complexity index is 694. The topological polar surface area (TPSA) is 22.1 Å². The van der Waals surface area contributed by atoms with Gasteiger partial charge in [0.1, 0.15) is 17.0 Å². The van der Waals surface area contributed by atoms with Crippen LogP contribution in [-0.2, 0) is 6.61 Å². The lowest BCUT2D eigenvalue weighted by Crippen LogP contribution is -1.94. The summed E-state index contributed by atoms with van der Waals surface area (Å²) in [6.45, 7) is 0.583. The van der Waals surface area contributed by atoms with Gasteiger partial charge in [0.2, 0.25) is 0 Å². The largest absolute Gasteiger partial charge is 0.489 e. The third-order valence-corrected chi connectivity index (χ3v) is 3.63. The molecule has 3 rings (SSSR count). The molecule has 0 aliphatic carbocycles. The Hall–Kier alpha value is -2.13. The van der Waals surface area contributed by atoms with Crippen LogP contribution < -0.4 is 4.74 Å². The van der Waals surface area contributed by atoms with Gasteiger partial charge in [0.15, 0.2) is 0 Å². The Kier molecular flexibility index (Phi) is 4.31. The van der Waals surface area contributed by atoms with Gasteiger partial charge in [-0.25, -0.2) is 4.98 Å². The second-order valence-electron chi connectivity index (χ2n) is 4.67. The summed E-state index contributed by atoms with van der Waals surface area (Å²) in [5.74, 6) is 0.868. The highest BCUT2D eigenvalue weighted by Crippen LogP contribution is 2.23. The molecule has 0 saturated carbocycles. The van der Waals surface area contributed by atoms with Crippen LogP contribution in [0.1, 0.15) is 5.56 Å². The Morgan fingerprint density at radius 1 is 0.810 bits per heavy atom. The zero-order valence-electron chi connectivity index (χ0n) is 11.4. The van der Waals surface area contributed by atoms with E-state index < -0.39 is 0 Å². The lowest BCUT2D eigenvalue weighted by atomic mass is 10.1. The average molecular weight is 340 g/mol. The first-order valence-corrected chi connectivity index (χ1v) is 7.49. The maximum absolute atomic E-state index is 5.78. The van der Waals surface area contributed by atoms with Gasteiger partial charge in [0.25, 0.3) is 0 Å². The second-order valence-corrected chi connectivity index (χ2v) is 5.48. The van der Waals surface area contributed by atoms with Crippen LogP contribution >= 0.6 is 15.9 Å². The van der Waals surface area contributed by atoms with Crippen LogP contribution in [0.25, 0.3) is 11.1 Å². The van der Waals surface area contributed by atoms with Gasteiger partial charge >= 0.3 is 0 Å². The fourth-order valence-corrected chi connectivity index (χ4v) is 2.27. The van der Waals surface area contributed by atoms with Crippen molar-refractivity contribution in [3.63, 3.8) is 0 Å². The molecular formula is C18H14BrNO. The number of benzene rings is 2. The number of rotatable bonds is 4. The quantitative estimate of drug-likeness (QED) is 0.617. The molecule has 3 aromatic rings. The monoisotopic (exact) mass is 339 g/mol. The maximum Gasteiger partial charge on any atom is 0.119 e. The molecule has 0 aliphatic heterocycles. The van der Waals surface area contributed by atoms with E-state index in [9.17, 15) is 0 Å². The van der Waals surface area contributed by atoms with E-state index in [1.165, 1.54) is 5.56 Å². The number of pyridine rings is 1. The first-order valence-electron chi connectivity index (χ1n) is 6.70. The van der Waals surface area contributed by atoms with Crippen LogP contribution in [0.15, 0.2) is 77.5 Å². The molecule has 0 fully saturated rings. The van der Waals surface area contributed by atoms with Crippen LogP contribution in [0.4, 0.5) is 0 Å². The minimum absolute atomic E-state index is 0.583. The molecule has 0 radical (unpaired) electrons. The minimum Gasteiger partial charge on any atom is -0.489 e. The SMILES string of the molecule is Brc1ccc(-c2ccc(OCc3ccccc3)cc2)cn1. The third kappa shape index (κ3) is 3.70. The van der Waals surface area contributed by atoms with Crippen molar-refractivity contribution < 1.29 is 4.74 Å². The zero-order valence-corrected chi connectivity index (χ0v) is 13.0. The van der Waals surface area contributed by atoms with Crippen molar-refractivity contribution >= 4 is 15.9 Å². The summed E-state index contributed by atoms with van der Waals surface area (Å²) in [6.07, 6.45) is 1.85. The summed E-state index contributed by atoms with van der Waals surface area (Å²) >= 11 is 3.34. The molecule has 0 saturated heterocycles. The van der Waals surface area contributed by atoms with Crippen LogP contribution in [0, 0.1) is 0 Å². The Labute approximate surface area is 132 Å². The Balaban J connectivity index is 1.68. The number of aromatic nitrogens is 1. The number of halogens is 1. The van der Waals surface area contributed by atoms with E-state index in [2.05, 4.69) is 33.0 Å². The third-order valence-electron chi connectivity index (χ3n) is 3.16. The van der Waals surface area contributed by atoms with E-state index in [4.69, 9.17) is 4.74 Å². The van der Waals surface area contributed by atoms with Crippen molar-refractivity contribution in [3.8, 4) is 16.9 Å². The van der Waals surface area contributed by atoms with Gasteiger partial charge in [-0.05, 0) is 45.3 Å². The van der Waals surface area contributed by atoms with Crippen LogP contribution in [-0.4, -0.2) is 4.98 Å². The lowest BCUT2D eigenvalue weighted by Gasteiger charge is -2.07. The summed E-state index contributed by atoms with van der Waals surface area (Å²) < 4.78 is 6.62. The number of nitrogens with zero attached hydrogens (tertiary/aromatic N) is 1. The van der Waals surface area contributed by atoms with Gasteiger partial charge in [-0.15, -0.1) is 0 Å². The van der Waals surface area contributed by atoms with Gasteiger partial charge in [-0.1, -0.05) is 48.5 Å². The van der Waals surface area contributed by atoms with Crippen molar-refractivity contribution in [1.29, 1.82) is 0 Å². The molecule has 104 valence electrons. The lowest BCUT2D eigenvalue weighted by molar-refractivity contribution is 0.306. The van der Waals surface area contributed by atoms with Gasteiger partial charge in [-0.3, -0.25) is 0 Å². The summed E-state index contributed by atoms with van der Waals surface area (Å²) in [4.78, 5) is 4.24. The van der Waals surface area contributed by atoms with Crippen LogP contribution in [0.5, 0.6) is 5.75 Å². The molecule has 0 atom stereocenters. The molecule has 0 bridgehead atoms. The number of hydrogen-bond donors (Lipinski definition) is 0. The first-order chi connectivity index (χ1) is 10.3. The van der Waals surface area contributed by atoms with Crippen molar-refractivity contribution in [2.75, 3.05) is 0 Å². The molecular weight excluding hydrogens is 326 g/mol. The predicted octanol–water partition coefficient (Wildman–Crippen LogP) is 5.09. The summed E-state index contributed by atoms with van der Waals surface area (Å²) in [6, 6.07) is 22.2. The van der Waals surface area contributed by atoms with E-state index in [1.54, 1.807) is 0 Å². The molecule has 1 heterocycles. The van der Waals surface area contributed by atoms with Gasteiger partial charge in [0, 0.05) is 11.8 Å². The fraction of sp³-hybridized carbons (Fsp3) is 0.0556. The van der Waals surface area contributed by atoms with Crippen molar-refractivity contribution in [2.24, 2.45) is 0 Å². The maximum atomic E-state index is 5.78. The van der Waals surface area contributed by atoms with Crippen LogP contribution in [0.2, 0.25) is 0 Å². The smallest absolute Gasteiger partial charge is 0.119 e. The molecule has 21 heavy (non-hydrogen) atoms. The van der Waals surface area contributed by atoms with E-state index in [0.29, 0.717) is 6.61 Å². The van der Waals surface area contributed by atoms with Crippen LogP contribution in [0.3, 0.4) is 0 Å². The highest BCUT2D eigenvalue weighted by Gasteiger charge is 2.00. The predicted molar refractivity (Wildman–Crippen MR) is 88.1 cm³/mol. The standard InChI is InChI=1S/C18H14BrNO/c19-18-11-8-16(12-20-18)15-6-9-17(10-7-15)21-13-14-4-2-1-3-5-14/h1-12H,13H2. The molecule has 1 aromatic heterocycles. The first kappa shape index (κ1) is 13.8. The van der Waals surface area contributed by atoms with Crippen molar-refractivity contribution in [3.05, 3.63) is 83.1 Å². The number of hydrogen-bond acceptors (Lipinski definition) is 2. The van der Waals surface area contributed by atoms with E-state index in [-0.39, 0.29) is 0 Å². The summed E-state index contributed by atoms with van der Waals surface area (Å²) in [7, 11) is 0. The highest BCUT2D eigenvalue weighted by molar-refractivity contribution is 9.10. The fourth-order valence-electron chi connectivity index (χ4n) is 2.03. The van der Waals surface area contributed by atoms with E-state index >= 15 is 0 Å². The molecule has 0 aliphatic rings. The Morgan fingerprint density at radius 3 is 2.19 bits per heavy atom.